The van der Waals surface area contributed by atoms with Crippen LogP contribution in [-0.4, -0.2) is 22.4 Å². The van der Waals surface area contributed by atoms with Crippen LogP contribution in [0.1, 0.15) is 63.8 Å². The Balaban J connectivity index is 2.04. The molecular formula is C18H33N3. The van der Waals surface area contributed by atoms with E-state index in [-0.39, 0.29) is 0 Å². The summed E-state index contributed by atoms with van der Waals surface area (Å²) in [6.07, 6.45) is 9.35. The lowest BCUT2D eigenvalue weighted by molar-refractivity contribution is 0.206. The maximum absolute atomic E-state index is 4.51. The van der Waals surface area contributed by atoms with Gasteiger partial charge >= 0.3 is 0 Å². The normalized spacial score (nSPS) is 24.2. The van der Waals surface area contributed by atoms with Crippen LogP contribution in [0, 0.1) is 18.8 Å². The predicted molar refractivity (Wildman–Crippen MR) is 89.5 cm³/mol. The fourth-order valence-corrected chi connectivity index (χ4v) is 3.88. The van der Waals surface area contributed by atoms with Crippen molar-refractivity contribution in [2.24, 2.45) is 18.9 Å². The molecule has 3 nitrogen and oxygen atoms in total. The second kappa shape index (κ2) is 7.98. The molecule has 3 atom stereocenters. The Morgan fingerprint density at radius 1 is 1.38 bits per heavy atom. The van der Waals surface area contributed by atoms with Gasteiger partial charge in [-0.1, -0.05) is 33.1 Å². The number of hydrogen-bond donors (Lipinski definition) is 1. The lowest BCUT2D eigenvalue weighted by atomic mass is 9.76. The van der Waals surface area contributed by atoms with E-state index in [0.717, 1.165) is 30.5 Å². The van der Waals surface area contributed by atoms with Crippen molar-refractivity contribution in [1.82, 2.24) is 15.1 Å². The zero-order valence-corrected chi connectivity index (χ0v) is 14.4. The second-order valence-electron chi connectivity index (χ2n) is 6.87. The van der Waals surface area contributed by atoms with Crippen molar-refractivity contribution in [2.75, 3.05) is 6.54 Å². The van der Waals surface area contributed by atoms with Crippen LogP contribution in [0.3, 0.4) is 0 Å². The third-order valence-corrected chi connectivity index (χ3v) is 5.15. The Kier molecular flexibility index (Phi) is 6.28. The van der Waals surface area contributed by atoms with Crippen LogP contribution in [0.5, 0.6) is 0 Å². The third kappa shape index (κ3) is 4.57. The Morgan fingerprint density at radius 2 is 2.19 bits per heavy atom. The number of nitrogens with zero attached hydrogens (tertiary/aromatic N) is 2. The molecule has 0 radical (unpaired) electrons. The minimum Gasteiger partial charge on any atom is -0.313 e. The SMILES string of the molecule is CCCNC(Cc1cc(C)nn1C)C1CCCC(CC)C1. The fraction of sp³-hybridized carbons (Fsp3) is 0.833. The molecule has 21 heavy (non-hydrogen) atoms. The smallest absolute Gasteiger partial charge is 0.0596 e. The van der Waals surface area contributed by atoms with Gasteiger partial charge in [0, 0.05) is 25.2 Å². The molecule has 0 bridgehead atoms. The maximum atomic E-state index is 4.51. The van der Waals surface area contributed by atoms with Gasteiger partial charge in [0.25, 0.3) is 0 Å². The molecule has 1 aromatic heterocycles. The van der Waals surface area contributed by atoms with Crippen molar-refractivity contribution in [3.05, 3.63) is 17.5 Å². The minimum atomic E-state index is 0.620. The van der Waals surface area contributed by atoms with E-state index < -0.39 is 0 Å². The van der Waals surface area contributed by atoms with E-state index in [2.05, 4.69) is 49.0 Å². The molecule has 1 fully saturated rings. The van der Waals surface area contributed by atoms with E-state index in [1.165, 1.54) is 44.2 Å². The van der Waals surface area contributed by atoms with E-state index in [1.807, 2.05) is 0 Å². The Labute approximate surface area is 130 Å². The summed E-state index contributed by atoms with van der Waals surface area (Å²) in [5.74, 6) is 1.79. The van der Waals surface area contributed by atoms with Gasteiger partial charge in [0.05, 0.1) is 5.69 Å². The van der Waals surface area contributed by atoms with Gasteiger partial charge in [0.2, 0.25) is 0 Å². The first kappa shape index (κ1) is 16.5. The molecule has 1 aromatic rings. The van der Waals surface area contributed by atoms with Crippen LogP contribution in [-0.2, 0) is 13.5 Å². The molecule has 1 N–H and O–H groups in total. The summed E-state index contributed by atoms with van der Waals surface area (Å²) >= 11 is 0. The molecule has 1 aliphatic rings. The zero-order valence-electron chi connectivity index (χ0n) is 14.4. The predicted octanol–water partition coefficient (Wildman–Crippen LogP) is 3.86. The van der Waals surface area contributed by atoms with Gasteiger partial charge in [-0.05, 0) is 50.6 Å². The van der Waals surface area contributed by atoms with E-state index in [9.17, 15) is 0 Å². The summed E-state index contributed by atoms with van der Waals surface area (Å²) in [7, 11) is 2.08. The molecule has 0 saturated heterocycles. The molecule has 1 saturated carbocycles. The molecule has 1 aliphatic carbocycles. The van der Waals surface area contributed by atoms with Crippen molar-refractivity contribution >= 4 is 0 Å². The average Bonchev–Trinajstić information content (AvgIpc) is 2.81. The van der Waals surface area contributed by atoms with E-state index in [1.54, 1.807) is 0 Å². The molecular weight excluding hydrogens is 258 g/mol. The lowest BCUT2D eigenvalue weighted by Crippen LogP contribution is -2.41. The van der Waals surface area contributed by atoms with Crippen molar-refractivity contribution < 1.29 is 0 Å². The summed E-state index contributed by atoms with van der Waals surface area (Å²) in [5, 5.41) is 8.34. The highest BCUT2D eigenvalue weighted by atomic mass is 15.3. The van der Waals surface area contributed by atoms with Gasteiger partial charge in [-0.15, -0.1) is 0 Å². The Bertz CT molecular complexity index is 424. The molecule has 0 aromatic carbocycles. The summed E-state index contributed by atoms with van der Waals surface area (Å²) in [4.78, 5) is 0. The highest BCUT2D eigenvalue weighted by Crippen LogP contribution is 2.33. The van der Waals surface area contributed by atoms with Gasteiger partial charge in [0.1, 0.15) is 0 Å². The molecule has 0 amide bonds. The third-order valence-electron chi connectivity index (χ3n) is 5.15. The van der Waals surface area contributed by atoms with E-state index in [4.69, 9.17) is 0 Å². The topological polar surface area (TPSA) is 29.9 Å². The van der Waals surface area contributed by atoms with E-state index in [0.29, 0.717) is 6.04 Å². The van der Waals surface area contributed by atoms with Crippen molar-refractivity contribution in [3.8, 4) is 0 Å². The first-order valence-corrected chi connectivity index (χ1v) is 8.86. The molecule has 1 heterocycles. The van der Waals surface area contributed by atoms with Crippen molar-refractivity contribution in [1.29, 1.82) is 0 Å². The second-order valence-corrected chi connectivity index (χ2v) is 6.87. The first-order valence-electron chi connectivity index (χ1n) is 8.86. The fourth-order valence-electron chi connectivity index (χ4n) is 3.88. The minimum absolute atomic E-state index is 0.620. The van der Waals surface area contributed by atoms with Gasteiger partial charge in [-0.25, -0.2) is 0 Å². The van der Waals surface area contributed by atoms with Crippen LogP contribution in [0.2, 0.25) is 0 Å². The number of aromatic nitrogens is 2. The molecule has 0 aliphatic heterocycles. The summed E-state index contributed by atoms with van der Waals surface area (Å²) in [5.41, 5.74) is 2.51. The number of aryl methyl sites for hydroxylation is 2. The number of hydrogen-bond acceptors (Lipinski definition) is 2. The van der Waals surface area contributed by atoms with Gasteiger partial charge in [-0.3, -0.25) is 4.68 Å². The summed E-state index contributed by atoms with van der Waals surface area (Å²) in [6, 6.07) is 2.87. The molecule has 120 valence electrons. The van der Waals surface area contributed by atoms with Gasteiger partial charge < -0.3 is 5.32 Å². The summed E-state index contributed by atoms with van der Waals surface area (Å²) in [6.45, 7) is 7.83. The molecule has 3 heteroatoms. The van der Waals surface area contributed by atoms with Crippen molar-refractivity contribution in [3.63, 3.8) is 0 Å². The standard InChI is InChI=1S/C18H33N3/c1-5-10-19-18(13-17-11-14(3)20-21(17)4)16-9-7-8-15(6-2)12-16/h11,15-16,18-19H,5-10,12-13H2,1-4H3. The van der Waals surface area contributed by atoms with Crippen LogP contribution in [0.15, 0.2) is 6.07 Å². The quantitative estimate of drug-likeness (QED) is 0.827. The highest BCUT2D eigenvalue weighted by Gasteiger charge is 2.28. The summed E-state index contributed by atoms with van der Waals surface area (Å²) < 4.78 is 2.07. The van der Waals surface area contributed by atoms with Gasteiger partial charge in [-0.2, -0.15) is 5.10 Å². The van der Waals surface area contributed by atoms with Crippen LogP contribution >= 0.6 is 0 Å². The monoisotopic (exact) mass is 291 g/mol. The number of nitrogens with one attached hydrogen (secondary N) is 1. The molecule has 2 rings (SSSR count). The van der Waals surface area contributed by atoms with E-state index >= 15 is 0 Å². The van der Waals surface area contributed by atoms with Crippen LogP contribution < -0.4 is 5.32 Å². The molecule has 0 spiro atoms. The maximum Gasteiger partial charge on any atom is 0.0596 e. The van der Waals surface area contributed by atoms with Crippen molar-refractivity contribution in [2.45, 2.75) is 71.8 Å². The van der Waals surface area contributed by atoms with Gasteiger partial charge in [0.15, 0.2) is 0 Å². The zero-order chi connectivity index (χ0) is 15.2. The largest absolute Gasteiger partial charge is 0.313 e. The molecule has 3 unspecified atom stereocenters. The van der Waals surface area contributed by atoms with Crippen LogP contribution in [0.25, 0.3) is 0 Å². The first-order chi connectivity index (χ1) is 10.1. The highest BCUT2D eigenvalue weighted by molar-refractivity contribution is 5.10. The lowest BCUT2D eigenvalue weighted by Gasteiger charge is -2.35. The van der Waals surface area contributed by atoms with Crippen LogP contribution in [0.4, 0.5) is 0 Å². The Morgan fingerprint density at radius 3 is 2.81 bits per heavy atom. The number of rotatable bonds is 7. The average molecular weight is 291 g/mol. The Hall–Kier alpha value is -0.830.